The molecule has 5 heteroatoms. The standard InChI is InChI=1S/C18H25ClN2O2/c1-12(2)8-20-18(22)16-7-15-10-21(11-17(16)23-15)9-13-3-5-14(19)6-4-13/h3-6,12,15-17H,7-11H2,1-2H3,(H,20,22)/t15-,16+,17-/m1/s1. The molecule has 23 heavy (non-hydrogen) atoms. The molecule has 1 aromatic carbocycles. The first-order valence-corrected chi connectivity index (χ1v) is 8.79. The molecule has 2 aliphatic heterocycles. The molecule has 2 fully saturated rings. The van der Waals surface area contributed by atoms with Crippen LogP contribution < -0.4 is 5.32 Å². The Bertz CT molecular complexity index is 546. The van der Waals surface area contributed by atoms with Crippen LogP contribution in [-0.2, 0) is 16.1 Å². The Morgan fingerprint density at radius 3 is 2.78 bits per heavy atom. The van der Waals surface area contributed by atoms with Gasteiger partial charge >= 0.3 is 0 Å². The van der Waals surface area contributed by atoms with Crippen LogP contribution >= 0.6 is 11.6 Å². The highest BCUT2D eigenvalue weighted by atomic mass is 35.5. The molecule has 2 heterocycles. The van der Waals surface area contributed by atoms with Crippen molar-refractivity contribution < 1.29 is 9.53 Å². The summed E-state index contributed by atoms with van der Waals surface area (Å²) < 4.78 is 6.00. The van der Waals surface area contributed by atoms with E-state index in [-0.39, 0.29) is 24.0 Å². The van der Waals surface area contributed by atoms with Gasteiger partial charge in [0.25, 0.3) is 0 Å². The lowest BCUT2D eigenvalue weighted by atomic mass is 9.99. The molecule has 0 unspecified atom stereocenters. The second kappa shape index (κ2) is 7.20. The first kappa shape index (κ1) is 16.7. The molecule has 0 spiro atoms. The molecule has 0 aliphatic carbocycles. The molecule has 1 aromatic rings. The van der Waals surface area contributed by atoms with E-state index in [4.69, 9.17) is 16.3 Å². The van der Waals surface area contributed by atoms with Crippen LogP contribution in [-0.4, -0.2) is 42.6 Å². The molecule has 0 saturated carbocycles. The molecule has 2 saturated heterocycles. The Hall–Kier alpha value is -1.10. The minimum atomic E-state index is -0.00559. The quantitative estimate of drug-likeness (QED) is 0.899. The number of likely N-dealkylation sites (tertiary alicyclic amines) is 1. The van der Waals surface area contributed by atoms with Crippen LogP contribution in [0.3, 0.4) is 0 Å². The summed E-state index contributed by atoms with van der Waals surface area (Å²) in [5.41, 5.74) is 1.25. The van der Waals surface area contributed by atoms with Crippen LogP contribution in [0.2, 0.25) is 5.02 Å². The van der Waals surface area contributed by atoms with E-state index in [1.165, 1.54) is 5.56 Å². The predicted molar refractivity (Wildman–Crippen MR) is 91.3 cm³/mol. The van der Waals surface area contributed by atoms with E-state index in [9.17, 15) is 4.79 Å². The fourth-order valence-electron chi connectivity index (χ4n) is 3.43. The highest BCUT2D eigenvalue weighted by Gasteiger charge is 2.44. The minimum Gasteiger partial charge on any atom is -0.371 e. The average molecular weight is 337 g/mol. The van der Waals surface area contributed by atoms with Gasteiger partial charge in [-0.15, -0.1) is 0 Å². The first-order chi connectivity index (χ1) is 11.0. The monoisotopic (exact) mass is 336 g/mol. The molecule has 0 radical (unpaired) electrons. The Labute approximate surface area is 143 Å². The maximum absolute atomic E-state index is 12.4. The largest absolute Gasteiger partial charge is 0.371 e. The summed E-state index contributed by atoms with van der Waals surface area (Å²) in [4.78, 5) is 14.8. The van der Waals surface area contributed by atoms with Crippen LogP contribution in [0.4, 0.5) is 0 Å². The molecule has 126 valence electrons. The zero-order valence-corrected chi connectivity index (χ0v) is 14.6. The topological polar surface area (TPSA) is 41.6 Å². The summed E-state index contributed by atoms with van der Waals surface area (Å²) >= 11 is 5.94. The molecule has 2 bridgehead atoms. The summed E-state index contributed by atoms with van der Waals surface area (Å²) in [5.74, 6) is 0.621. The van der Waals surface area contributed by atoms with Gasteiger partial charge in [-0.25, -0.2) is 0 Å². The normalized spacial score (nSPS) is 27.4. The fraction of sp³-hybridized carbons (Fsp3) is 0.611. The Balaban J connectivity index is 1.56. The van der Waals surface area contributed by atoms with Crippen molar-refractivity contribution in [2.24, 2.45) is 11.8 Å². The third kappa shape index (κ3) is 4.25. The van der Waals surface area contributed by atoms with Crippen molar-refractivity contribution in [1.82, 2.24) is 10.2 Å². The molecule has 3 atom stereocenters. The molecule has 0 aromatic heterocycles. The maximum atomic E-state index is 12.4. The third-order valence-corrected chi connectivity index (χ3v) is 4.83. The van der Waals surface area contributed by atoms with Gasteiger partial charge in [0.2, 0.25) is 5.91 Å². The third-order valence-electron chi connectivity index (χ3n) is 4.57. The van der Waals surface area contributed by atoms with Gasteiger partial charge in [0.15, 0.2) is 0 Å². The first-order valence-electron chi connectivity index (χ1n) is 8.41. The number of carbonyl (C=O) groups is 1. The van der Waals surface area contributed by atoms with Gasteiger partial charge in [-0.2, -0.15) is 0 Å². The van der Waals surface area contributed by atoms with Crippen LogP contribution in [0.5, 0.6) is 0 Å². The SMILES string of the molecule is CC(C)CNC(=O)[C@H]1C[C@@H]2CN(Cc3ccc(Cl)cc3)C[C@H]1O2. The smallest absolute Gasteiger partial charge is 0.225 e. The van der Waals surface area contributed by atoms with Gasteiger partial charge in [0.05, 0.1) is 18.1 Å². The van der Waals surface area contributed by atoms with Crippen molar-refractivity contribution in [1.29, 1.82) is 0 Å². The molecular formula is C18H25ClN2O2. The van der Waals surface area contributed by atoms with Crippen LogP contribution in [0, 0.1) is 11.8 Å². The van der Waals surface area contributed by atoms with Crippen molar-refractivity contribution in [3.63, 3.8) is 0 Å². The second-order valence-corrected chi connectivity index (χ2v) is 7.53. The summed E-state index contributed by atoms with van der Waals surface area (Å²) in [5, 5.41) is 3.82. The van der Waals surface area contributed by atoms with E-state index in [2.05, 4.69) is 36.2 Å². The summed E-state index contributed by atoms with van der Waals surface area (Å²) in [6.07, 6.45) is 1.04. The van der Waals surface area contributed by atoms with Crippen molar-refractivity contribution in [2.75, 3.05) is 19.6 Å². The zero-order chi connectivity index (χ0) is 16.4. The molecule has 1 amide bonds. The van der Waals surface area contributed by atoms with E-state index in [0.717, 1.165) is 37.6 Å². The number of fused-ring (bicyclic) bond motifs is 2. The number of benzene rings is 1. The van der Waals surface area contributed by atoms with E-state index < -0.39 is 0 Å². The number of nitrogens with one attached hydrogen (secondary N) is 1. The average Bonchev–Trinajstić information content (AvgIpc) is 2.82. The fourth-order valence-corrected chi connectivity index (χ4v) is 3.55. The van der Waals surface area contributed by atoms with Gasteiger partial charge in [-0.1, -0.05) is 37.6 Å². The highest BCUT2D eigenvalue weighted by molar-refractivity contribution is 6.30. The van der Waals surface area contributed by atoms with Crippen LogP contribution in [0.15, 0.2) is 24.3 Å². The lowest BCUT2D eigenvalue weighted by molar-refractivity contribution is -0.128. The number of carbonyl (C=O) groups excluding carboxylic acids is 1. The Kier molecular flexibility index (Phi) is 5.24. The summed E-state index contributed by atoms with van der Waals surface area (Å²) in [6, 6.07) is 7.97. The number of amides is 1. The molecule has 2 aliphatic rings. The van der Waals surface area contributed by atoms with Crippen molar-refractivity contribution in [3.8, 4) is 0 Å². The second-order valence-electron chi connectivity index (χ2n) is 7.10. The van der Waals surface area contributed by atoms with Gasteiger partial charge in [0.1, 0.15) is 0 Å². The Morgan fingerprint density at radius 1 is 1.35 bits per heavy atom. The lowest BCUT2D eigenvalue weighted by Crippen LogP contribution is -2.45. The Morgan fingerprint density at radius 2 is 2.09 bits per heavy atom. The highest BCUT2D eigenvalue weighted by Crippen LogP contribution is 2.32. The van der Waals surface area contributed by atoms with E-state index in [0.29, 0.717) is 5.92 Å². The van der Waals surface area contributed by atoms with Crippen LogP contribution in [0.1, 0.15) is 25.8 Å². The van der Waals surface area contributed by atoms with Gasteiger partial charge in [-0.3, -0.25) is 9.69 Å². The van der Waals surface area contributed by atoms with E-state index >= 15 is 0 Å². The molecule has 3 rings (SSSR count). The molecule has 1 N–H and O–H groups in total. The molecular weight excluding hydrogens is 312 g/mol. The number of morpholine rings is 1. The molecule has 4 nitrogen and oxygen atoms in total. The maximum Gasteiger partial charge on any atom is 0.225 e. The van der Waals surface area contributed by atoms with Gasteiger partial charge in [-0.05, 0) is 30.0 Å². The van der Waals surface area contributed by atoms with E-state index in [1.54, 1.807) is 0 Å². The number of ether oxygens (including phenoxy) is 1. The van der Waals surface area contributed by atoms with Crippen molar-refractivity contribution >= 4 is 17.5 Å². The van der Waals surface area contributed by atoms with Crippen molar-refractivity contribution in [3.05, 3.63) is 34.9 Å². The van der Waals surface area contributed by atoms with Crippen LogP contribution in [0.25, 0.3) is 0 Å². The summed E-state index contributed by atoms with van der Waals surface area (Å²) in [7, 11) is 0. The van der Waals surface area contributed by atoms with Gasteiger partial charge in [0, 0.05) is 31.2 Å². The van der Waals surface area contributed by atoms with Crippen molar-refractivity contribution in [2.45, 2.75) is 39.0 Å². The number of hydrogen-bond acceptors (Lipinski definition) is 3. The van der Waals surface area contributed by atoms with Gasteiger partial charge < -0.3 is 10.1 Å². The van der Waals surface area contributed by atoms with E-state index in [1.807, 2.05) is 12.1 Å². The minimum absolute atomic E-state index is 0.00559. The number of halogens is 1. The zero-order valence-electron chi connectivity index (χ0n) is 13.8. The number of nitrogens with zero attached hydrogens (tertiary/aromatic N) is 1. The summed E-state index contributed by atoms with van der Waals surface area (Å²) in [6.45, 7) is 7.55. The predicted octanol–water partition coefficient (Wildman–Crippen LogP) is 2.70. The lowest BCUT2D eigenvalue weighted by Gasteiger charge is -2.32. The number of hydrogen-bond donors (Lipinski definition) is 1. The number of rotatable bonds is 5.